The molecule has 108 valence electrons. The lowest BCUT2D eigenvalue weighted by molar-refractivity contribution is -0.107. The minimum Gasteiger partial charge on any atom is -0.303 e. The summed E-state index contributed by atoms with van der Waals surface area (Å²) in [5, 5.41) is 0. The van der Waals surface area contributed by atoms with Crippen LogP contribution in [0.4, 0.5) is 0 Å². The summed E-state index contributed by atoms with van der Waals surface area (Å²) in [5.74, 6) is 1.67. The lowest BCUT2D eigenvalue weighted by Gasteiger charge is -2.01. The van der Waals surface area contributed by atoms with Crippen molar-refractivity contribution in [2.45, 2.75) is 79.1 Å². The van der Waals surface area contributed by atoms with E-state index in [1.807, 2.05) is 6.08 Å². The average Bonchev–Trinajstić information content (AvgIpc) is 2.29. The van der Waals surface area contributed by atoms with Gasteiger partial charge in [-0.3, -0.25) is 0 Å². The molecular weight excluding hydrogens is 220 g/mol. The van der Waals surface area contributed by atoms with E-state index < -0.39 is 0 Å². The SMILES string of the molecule is C=CCCCC(C)C.CC(C)CCCCCC=O. The quantitative estimate of drug-likeness (QED) is 0.274. The molecule has 0 fully saturated rings. The third-order valence-electron chi connectivity index (χ3n) is 2.79. The van der Waals surface area contributed by atoms with Gasteiger partial charge in [-0.15, -0.1) is 6.58 Å². The van der Waals surface area contributed by atoms with Gasteiger partial charge < -0.3 is 4.79 Å². The molecule has 0 aromatic rings. The van der Waals surface area contributed by atoms with Crippen LogP contribution in [-0.2, 0) is 4.79 Å². The van der Waals surface area contributed by atoms with Crippen LogP contribution < -0.4 is 0 Å². The van der Waals surface area contributed by atoms with E-state index in [9.17, 15) is 4.79 Å². The van der Waals surface area contributed by atoms with Crippen molar-refractivity contribution in [2.75, 3.05) is 0 Å². The van der Waals surface area contributed by atoms with Gasteiger partial charge in [-0.2, -0.15) is 0 Å². The third kappa shape index (κ3) is 24.6. The van der Waals surface area contributed by atoms with E-state index in [4.69, 9.17) is 0 Å². The molecule has 1 nitrogen and oxygen atoms in total. The number of unbranched alkanes of at least 4 members (excludes halogenated alkanes) is 4. The van der Waals surface area contributed by atoms with E-state index >= 15 is 0 Å². The summed E-state index contributed by atoms with van der Waals surface area (Å²) >= 11 is 0. The number of aldehydes is 1. The van der Waals surface area contributed by atoms with Crippen molar-refractivity contribution in [3.63, 3.8) is 0 Å². The van der Waals surface area contributed by atoms with Crippen LogP contribution in [-0.4, -0.2) is 6.29 Å². The molecule has 0 aliphatic heterocycles. The normalized spacial score (nSPS) is 10.1. The van der Waals surface area contributed by atoms with Crippen LogP contribution in [0.25, 0.3) is 0 Å². The van der Waals surface area contributed by atoms with Gasteiger partial charge in [0.15, 0.2) is 0 Å². The molecule has 0 radical (unpaired) electrons. The Labute approximate surface area is 115 Å². The van der Waals surface area contributed by atoms with Gasteiger partial charge in [0.1, 0.15) is 6.29 Å². The smallest absolute Gasteiger partial charge is 0.119 e. The van der Waals surface area contributed by atoms with Crippen molar-refractivity contribution in [3.05, 3.63) is 12.7 Å². The van der Waals surface area contributed by atoms with Gasteiger partial charge in [0.05, 0.1) is 0 Å². The molecule has 18 heavy (non-hydrogen) atoms. The standard InChI is InChI=1S/C9H18O.C8H16/c1-9(2)7-5-3-4-6-8-10;1-4-5-6-7-8(2)3/h8-9H,3-7H2,1-2H3;4,8H,1,5-7H2,2-3H3. The van der Waals surface area contributed by atoms with Crippen LogP contribution in [0.5, 0.6) is 0 Å². The first-order valence-electron chi connectivity index (χ1n) is 7.59. The zero-order valence-electron chi connectivity index (χ0n) is 13.1. The van der Waals surface area contributed by atoms with Crippen LogP contribution in [0, 0.1) is 11.8 Å². The van der Waals surface area contributed by atoms with Gasteiger partial charge in [0.2, 0.25) is 0 Å². The van der Waals surface area contributed by atoms with Gasteiger partial charge >= 0.3 is 0 Å². The van der Waals surface area contributed by atoms with Crippen LogP contribution in [0.15, 0.2) is 12.7 Å². The maximum absolute atomic E-state index is 9.90. The molecule has 0 rings (SSSR count). The predicted octanol–water partition coefficient (Wildman–Crippen LogP) is 5.79. The molecule has 0 saturated heterocycles. The van der Waals surface area contributed by atoms with Crippen molar-refractivity contribution in [2.24, 2.45) is 11.8 Å². The zero-order valence-corrected chi connectivity index (χ0v) is 13.1. The first-order chi connectivity index (χ1) is 8.54. The Hall–Kier alpha value is -0.590. The fraction of sp³-hybridized carbons (Fsp3) is 0.824. The van der Waals surface area contributed by atoms with E-state index in [0.29, 0.717) is 0 Å². The summed E-state index contributed by atoms with van der Waals surface area (Å²) < 4.78 is 0. The molecule has 0 unspecified atom stereocenters. The number of carbonyl (C=O) groups is 1. The molecule has 0 bridgehead atoms. The number of hydrogen-bond donors (Lipinski definition) is 0. The second-order valence-electron chi connectivity index (χ2n) is 5.81. The van der Waals surface area contributed by atoms with E-state index in [2.05, 4.69) is 34.3 Å². The molecule has 0 N–H and O–H groups in total. The van der Waals surface area contributed by atoms with E-state index in [1.165, 1.54) is 38.5 Å². The Morgan fingerprint density at radius 3 is 1.83 bits per heavy atom. The van der Waals surface area contributed by atoms with Crippen LogP contribution in [0.1, 0.15) is 79.1 Å². The lowest BCUT2D eigenvalue weighted by Crippen LogP contribution is -1.86. The first kappa shape index (κ1) is 19.7. The summed E-state index contributed by atoms with van der Waals surface area (Å²) in [5.41, 5.74) is 0. The molecule has 0 aliphatic rings. The summed E-state index contributed by atoms with van der Waals surface area (Å²) in [6.07, 6.45) is 12.5. The van der Waals surface area contributed by atoms with Crippen LogP contribution in [0.3, 0.4) is 0 Å². The zero-order chi connectivity index (χ0) is 14.2. The Morgan fingerprint density at radius 1 is 0.833 bits per heavy atom. The van der Waals surface area contributed by atoms with Crippen molar-refractivity contribution < 1.29 is 4.79 Å². The highest BCUT2D eigenvalue weighted by molar-refractivity contribution is 5.48. The van der Waals surface area contributed by atoms with Gasteiger partial charge in [0, 0.05) is 6.42 Å². The topological polar surface area (TPSA) is 17.1 Å². The Balaban J connectivity index is 0. The van der Waals surface area contributed by atoms with Crippen molar-refractivity contribution >= 4 is 6.29 Å². The van der Waals surface area contributed by atoms with Crippen molar-refractivity contribution in [1.82, 2.24) is 0 Å². The van der Waals surface area contributed by atoms with Crippen molar-refractivity contribution in [1.29, 1.82) is 0 Å². The first-order valence-corrected chi connectivity index (χ1v) is 7.59. The Morgan fingerprint density at radius 2 is 1.39 bits per heavy atom. The molecule has 0 atom stereocenters. The largest absolute Gasteiger partial charge is 0.303 e. The summed E-state index contributed by atoms with van der Waals surface area (Å²) in [6, 6.07) is 0. The summed E-state index contributed by atoms with van der Waals surface area (Å²) in [4.78, 5) is 9.90. The number of carbonyl (C=O) groups excluding carboxylic acids is 1. The second-order valence-corrected chi connectivity index (χ2v) is 5.81. The third-order valence-corrected chi connectivity index (χ3v) is 2.79. The molecular formula is C17H34O. The number of allylic oxidation sites excluding steroid dienone is 1. The molecule has 0 saturated carbocycles. The summed E-state index contributed by atoms with van der Waals surface area (Å²) in [6.45, 7) is 12.6. The monoisotopic (exact) mass is 254 g/mol. The maximum atomic E-state index is 9.90. The Kier molecular flexibility index (Phi) is 18.0. The molecule has 0 heterocycles. The predicted molar refractivity (Wildman–Crippen MR) is 82.9 cm³/mol. The highest BCUT2D eigenvalue weighted by atomic mass is 16.1. The lowest BCUT2D eigenvalue weighted by atomic mass is 10.0. The Bertz CT molecular complexity index is 170. The minimum absolute atomic E-state index is 0.748. The highest BCUT2D eigenvalue weighted by Gasteiger charge is 1.93. The molecule has 0 aromatic carbocycles. The summed E-state index contributed by atoms with van der Waals surface area (Å²) in [7, 11) is 0. The average molecular weight is 254 g/mol. The maximum Gasteiger partial charge on any atom is 0.119 e. The van der Waals surface area contributed by atoms with Crippen LogP contribution >= 0.6 is 0 Å². The molecule has 0 spiro atoms. The van der Waals surface area contributed by atoms with Gasteiger partial charge in [-0.1, -0.05) is 59.5 Å². The minimum atomic E-state index is 0.748. The number of rotatable bonds is 10. The van der Waals surface area contributed by atoms with E-state index in [0.717, 1.165) is 31.0 Å². The van der Waals surface area contributed by atoms with Crippen LogP contribution in [0.2, 0.25) is 0 Å². The molecule has 0 aromatic heterocycles. The van der Waals surface area contributed by atoms with Gasteiger partial charge in [0.25, 0.3) is 0 Å². The molecule has 0 amide bonds. The van der Waals surface area contributed by atoms with E-state index in [1.54, 1.807) is 0 Å². The fourth-order valence-corrected chi connectivity index (χ4v) is 1.63. The number of hydrogen-bond acceptors (Lipinski definition) is 1. The van der Waals surface area contributed by atoms with E-state index in [-0.39, 0.29) is 0 Å². The fourth-order valence-electron chi connectivity index (χ4n) is 1.63. The second kappa shape index (κ2) is 16.4. The van der Waals surface area contributed by atoms with Gasteiger partial charge in [-0.05, 0) is 31.1 Å². The van der Waals surface area contributed by atoms with Gasteiger partial charge in [-0.25, -0.2) is 0 Å². The molecule has 0 aliphatic carbocycles. The molecule has 1 heteroatoms. The highest BCUT2D eigenvalue weighted by Crippen LogP contribution is 2.08. The van der Waals surface area contributed by atoms with Crippen molar-refractivity contribution in [3.8, 4) is 0 Å².